The predicted octanol–water partition coefficient (Wildman–Crippen LogP) is 5.79. The van der Waals surface area contributed by atoms with Gasteiger partial charge in [0.2, 0.25) is 0 Å². The number of nitrogens with zero attached hydrogens (tertiary/aromatic N) is 3. The highest BCUT2D eigenvalue weighted by Crippen LogP contribution is 2.28. The first-order valence-electron chi connectivity index (χ1n) is 8.11. The van der Waals surface area contributed by atoms with Gasteiger partial charge < -0.3 is 4.74 Å². The molecule has 0 saturated carbocycles. The SMILES string of the molecule is Cc1cc([N+](=O)[O-])ccc1F.Cc1cc([N+](=O)[O-])ccc1Oc1cncc(Cl)c1. The van der Waals surface area contributed by atoms with Crippen LogP contribution in [-0.2, 0) is 0 Å². The molecule has 0 unspecified atom stereocenters. The molecule has 0 amide bonds. The molecule has 150 valence electrons. The van der Waals surface area contributed by atoms with E-state index in [9.17, 15) is 24.6 Å². The van der Waals surface area contributed by atoms with E-state index in [1.165, 1.54) is 37.5 Å². The van der Waals surface area contributed by atoms with E-state index in [1.807, 2.05) is 0 Å². The first-order valence-corrected chi connectivity index (χ1v) is 8.49. The minimum atomic E-state index is -0.549. The van der Waals surface area contributed by atoms with Crippen molar-refractivity contribution in [1.29, 1.82) is 0 Å². The van der Waals surface area contributed by atoms with Gasteiger partial charge in [-0.25, -0.2) is 4.39 Å². The zero-order valence-corrected chi connectivity index (χ0v) is 16.1. The fraction of sp³-hybridized carbons (Fsp3) is 0.105. The Balaban J connectivity index is 0.000000234. The van der Waals surface area contributed by atoms with Gasteiger partial charge in [-0.05, 0) is 37.1 Å². The summed E-state index contributed by atoms with van der Waals surface area (Å²) in [5.74, 6) is 0.597. The summed E-state index contributed by atoms with van der Waals surface area (Å²) in [7, 11) is 0. The monoisotopic (exact) mass is 419 g/mol. The molecule has 1 heterocycles. The number of halogens is 2. The average molecular weight is 420 g/mol. The Morgan fingerprint density at radius 1 is 0.931 bits per heavy atom. The van der Waals surface area contributed by atoms with Gasteiger partial charge in [-0.3, -0.25) is 25.2 Å². The van der Waals surface area contributed by atoms with E-state index in [4.69, 9.17) is 16.3 Å². The van der Waals surface area contributed by atoms with Crippen molar-refractivity contribution in [3.63, 3.8) is 0 Å². The Kier molecular flexibility index (Phi) is 7.15. The normalized spacial score (nSPS) is 9.93. The molecular formula is C19H15ClFN3O5. The summed E-state index contributed by atoms with van der Waals surface area (Å²) >= 11 is 5.79. The Morgan fingerprint density at radius 2 is 1.52 bits per heavy atom. The first-order chi connectivity index (χ1) is 13.7. The van der Waals surface area contributed by atoms with Crippen LogP contribution in [0.25, 0.3) is 0 Å². The van der Waals surface area contributed by atoms with Crippen molar-refractivity contribution in [2.75, 3.05) is 0 Å². The summed E-state index contributed by atoms with van der Waals surface area (Å²) in [6.45, 7) is 3.22. The van der Waals surface area contributed by atoms with Crippen molar-refractivity contribution in [3.8, 4) is 11.5 Å². The van der Waals surface area contributed by atoms with Crippen LogP contribution in [0, 0.1) is 39.9 Å². The largest absolute Gasteiger partial charge is 0.455 e. The Bertz CT molecular complexity index is 1060. The molecule has 3 rings (SSSR count). The Morgan fingerprint density at radius 3 is 2.03 bits per heavy atom. The van der Waals surface area contributed by atoms with Crippen LogP contribution in [-0.4, -0.2) is 14.8 Å². The number of nitro groups is 2. The van der Waals surface area contributed by atoms with E-state index < -0.39 is 15.7 Å². The molecule has 0 spiro atoms. The number of nitro benzene ring substituents is 2. The molecule has 0 atom stereocenters. The molecule has 0 radical (unpaired) electrons. The fourth-order valence-electron chi connectivity index (χ4n) is 2.18. The van der Waals surface area contributed by atoms with Gasteiger partial charge in [-0.15, -0.1) is 0 Å². The molecule has 0 N–H and O–H groups in total. The summed E-state index contributed by atoms with van der Waals surface area (Å²) in [6, 6.07) is 9.45. The third-order valence-corrected chi connectivity index (χ3v) is 3.84. The van der Waals surface area contributed by atoms with E-state index in [1.54, 1.807) is 19.1 Å². The van der Waals surface area contributed by atoms with Crippen molar-refractivity contribution in [2.45, 2.75) is 13.8 Å². The molecule has 0 aliphatic carbocycles. The van der Waals surface area contributed by atoms with Gasteiger partial charge in [0.15, 0.2) is 0 Å². The maximum atomic E-state index is 12.5. The van der Waals surface area contributed by atoms with Crippen molar-refractivity contribution in [2.24, 2.45) is 0 Å². The lowest BCUT2D eigenvalue weighted by Crippen LogP contribution is -1.92. The van der Waals surface area contributed by atoms with Crippen molar-refractivity contribution >= 4 is 23.0 Å². The van der Waals surface area contributed by atoms with Crippen LogP contribution in [0.2, 0.25) is 5.02 Å². The number of aromatic nitrogens is 1. The molecule has 8 nitrogen and oxygen atoms in total. The molecule has 3 aromatic rings. The summed E-state index contributed by atoms with van der Waals surface area (Å²) in [6.07, 6.45) is 3.02. The van der Waals surface area contributed by atoms with E-state index in [0.717, 1.165) is 12.1 Å². The van der Waals surface area contributed by atoms with Crippen molar-refractivity contribution in [3.05, 3.63) is 97.1 Å². The summed E-state index contributed by atoms with van der Waals surface area (Å²) < 4.78 is 18.1. The summed E-state index contributed by atoms with van der Waals surface area (Å²) in [5, 5.41) is 21.2. The van der Waals surface area contributed by atoms with Gasteiger partial charge in [0, 0.05) is 36.5 Å². The van der Waals surface area contributed by atoms with E-state index in [2.05, 4.69) is 4.98 Å². The lowest BCUT2D eigenvalue weighted by molar-refractivity contribution is -0.385. The summed E-state index contributed by atoms with van der Waals surface area (Å²) in [4.78, 5) is 23.6. The number of pyridine rings is 1. The number of hydrogen-bond donors (Lipinski definition) is 0. The quantitative estimate of drug-likeness (QED) is 0.391. The summed E-state index contributed by atoms with van der Waals surface area (Å²) in [5.41, 5.74) is 0.913. The molecule has 0 fully saturated rings. The second-order valence-corrected chi connectivity index (χ2v) is 6.27. The van der Waals surface area contributed by atoms with E-state index >= 15 is 0 Å². The van der Waals surface area contributed by atoms with Crippen LogP contribution in [0.4, 0.5) is 15.8 Å². The maximum absolute atomic E-state index is 12.5. The molecule has 1 aromatic heterocycles. The van der Waals surface area contributed by atoms with Crippen LogP contribution in [0.3, 0.4) is 0 Å². The number of benzene rings is 2. The molecule has 0 aliphatic heterocycles. The molecule has 0 bridgehead atoms. The predicted molar refractivity (Wildman–Crippen MR) is 105 cm³/mol. The third kappa shape index (κ3) is 6.22. The maximum Gasteiger partial charge on any atom is 0.269 e. The van der Waals surface area contributed by atoms with Crippen LogP contribution >= 0.6 is 11.6 Å². The van der Waals surface area contributed by atoms with Gasteiger partial charge in [-0.1, -0.05) is 11.6 Å². The van der Waals surface area contributed by atoms with Crippen LogP contribution < -0.4 is 4.74 Å². The topological polar surface area (TPSA) is 108 Å². The zero-order chi connectivity index (χ0) is 21.6. The van der Waals surface area contributed by atoms with Crippen LogP contribution in [0.15, 0.2) is 54.9 Å². The Hall–Kier alpha value is -3.59. The molecular weight excluding hydrogens is 405 g/mol. The average Bonchev–Trinajstić information content (AvgIpc) is 2.66. The third-order valence-electron chi connectivity index (χ3n) is 3.63. The van der Waals surface area contributed by atoms with Gasteiger partial charge in [0.1, 0.15) is 17.3 Å². The van der Waals surface area contributed by atoms with Gasteiger partial charge in [0.25, 0.3) is 11.4 Å². The zero-order valence-electron chi connectivity index (χ0n) is 15.3. The molecule has 29 heavy (non-hydrogen) atoms. The van der Waals surface area contributed by atoms with E-state index in [-0.39, 0.29) is 11.4 Å². The van der Waals surface area contributed by atoms with E-state index in [0.29, 0.717) is 27.6 Å². The van der Waals surface area contributed by atoms with Crippen LogP contribution in [0.5, 0.6) is 11.5 Å². The highest BCUT2D eigenvalue weighted by Gasteiger charge is 2.10. The minimum Gasteiger partial charge on any atom is -0.455 e. The highest BCUT2D eigenvalue weighted by molar-refractivity contribution is 6.30. The highest BCUT2D eigenvalue weighted by atomic mass is 35.5. The second kappa shape index (κ2) is 9.56. The lowest BCUT2D eigenvalue weighted by Gasteiger charge is -2.08. The fourth-order valence-corrected chi connectivity index (χ4v) is 2.34. The number of non-ortho nitro benzene ring substituents is 2. The molecule has 0 aliphatic rings. The van der Waals surface area contributed by atoms with Crippen molar-refractivity contribution in [1.82, 2.24) is 4.98 Å². The number of hydrogen-bond acceptors (Lipinski definition) is 6. The van der Waals surface area contributed by atoms with Gasteiger partial charge >= 0.3 is 0 Å². The number of ether oxygens (including phenoxy) is 1. The van der Waals surface area contributed by atoms with Gasteiger partial charge in [0.05, 0.1) is 21.1 Å². The number of rotatable bonds is 4. The van der Waals surface area contributed by atoms with Crippen molar-refractivity contribution < 1.29 is 19.0 Å². The Labute approximate surface area is 169 Å². The molecule has 2 aromatic carbocycles. The second-order valence-electron chi connectivity index (χ2n) is 5.84. The lowest BCUT2D eigenvalue weighted by atomic mass is 10.2. The van der Waals surface area contributed by atoms with Gasteiger partial charge in [-0.2, -0.15) is 0 Å². The minimum absolute atomic E-state index is 0.0315. The number of aryl methyl sites for hydroxylation is 2. The molecule has 10 heteroatoms. The standard InChI is InChI=1S/C12H9ClN2O3.C7H6FNO2/c1-8-4-10(15(16)17)2-3-12(8)18-11-5-9(13)6-14-7-11;1-5-4-6(9(10)11)2-3-7(5)8/h2-7H,1H3;2-4H,1H3. The smallest absolute Gasteiger partial charge is 0.269 e. The van der Waals surface area contributed by atoms with Crippen LogP contribution in [0.1, 0.15) is 11.1 Å². The molecule has 0 saturated heterocycles. The first kappa shape index (κ1) is 21.7.